The van der Waals surface area contributed by atoms with Crippen molar-refractivity contribution in [2.45, 2.75) is 0 Å². The fourth-order valence-corrected chi connectivity index (χ4v) is 6.21. The van der Waals surface area contributed by atoms with Gasteiger partial charge in [0.05, 0.1) is 12.4 Å². The number of benzene rings is 3. The summed E-state index contributed by atoms with van der Waals surface area (Å²) < 4.78 is 23.7. The fraction of sp³-hybridized carbons (Fsp3) is 0.0345. The minimum Gasteiger partial charge on any atom is -0.312 e. The molecule has 0 amide bonds. The zero-order valence-electron chi connectivity index (χ0n) is 19.6. The molecule has 5 heteroatoms. The Labute approximate surface area is 199 Å². The first-order valence-corrected chi connectivity index (χ1v) is 13.2. The quantitative estimate of drug-likeness (QED) is 0.295. The topological polar surface area (TPSA) is 47.8 Å². The van der Waals surface area contributed by atoms with Gasteiger partial charge in [-0.1, -0.05) is 60.7 Å². The average Bonchev–Trinajstić information content (AvgIpc) is 3.23. The van der Waals surface area contributed by atoms with E-state index in [1.54, 1.807) is 25.1 Å². The second-order valence-corrected chi connectivity index (χ2v) is 11.2. The molecule has 0 saturated heterocycles. The van der Waals surface area contributed by atoms with E-state index in [-0.39, 0.29) is 0 Å². The second kappa shape index (κ2) is 8.09. The van der Waals surface area contributed by atoms with Gasteiger partial charge in [0.1, 0.15) is 11.3 Å². The van der Waals surface area contributed by atoms with Gasteiger partial charge in [0.2, 0.25) is 0 Å². The summed E-state index contributed by atoms with van der Waals surface area (Å²) in [7, 11) is -2.82. The standard InChI is InChI=1S/C29H22N3OP/c1-34(33,29-14-5-7-18-31-29)23-10-8-9-21(19-23)22-15-16-25-24-11-2-3-12-26(24)32(27(25)20-22)28-13-4-6-17-30-28/h2-20H,1H3/i6D. The highest BCUT2D eigenvalue weighted by Crippen LogP contribution is 2.39. The maximum Gasteiger partial charge on any atom is 0.157 e. The zero-order chi connectivity index (χ0) is 24.0. The van der Waals surface area contributed by atoms with Gasteiger partial charge in [0.25, 0.3) is 0 Å². The predicted octanol–water partition coefficient (Wildman–Crippen LogP) is 6.18. The number of fused-ring (bicyclic) bond motifs is 3. The van der Waals surface area contributed by atoms with Crippen molar-refractivity contribution >= 4 is 39.7 Å². The summed E-state index contributed by atoms with van der Waals surface area (Å²) in [6.45, 7) is 1.77. The Morgan fingerprint density at radius 1 is 0.735 bits per heavy atom. The van der Waals surface area contributed by atoms with Crippen molar-refractivity contribution in [2.24, 2.45) is 0 Å². The SMILES string of the molecule is [2H]c1ccc(-n2c3ccccc3c3ccc(-c4cccc(P(C)(=O)c5ccccn5)c4)cc32)nc1. The summed E-state index contributed by atoms with van der Waals surface area (Å²) >= 11 is 0. The Morgan fingerprint density at radius 3 is 2.38 bits per heavy atom. The monoisotopic (exact) mass is 460 g/mol. The van der Waals surface area contributed by atoms with Crippen molar-refractivity contribution in [3.63, 3.8) is 0 Å². The molecule has 6 rings (SSSR count). The lowest BCUT2D eigenvalue weighted by atomic mass is 10.0. The lowest BCUT2D eigenvalue weighted by Gasteiger charge is -2.14. The Balaban J connectivity index is 1.54. The predicted molar refractivity (Wildman–Crippen MR) is 141 cm³/mol. The van der Waals surface area contributed by atoms with E-state index in [1.165, 1.54) is 0 Å². The molecule has 3 aromatic carbocycles. The normalized spacial score (nSPS) is 13.6. The maximum absolute atomic E-state index is 13.7. The van der Waals surface area contributed by atoms with Crippen LogP contribution in [0.4, 0.5) is 0 Å². The Bertz CT molecular complexity index is 1740. The van der Waals surface area contributed by atoms with Gasteiger partial charge in [-0.15, -0.1) is 0 Å². The van der Waals surface area contributed by atoms with Crippen molar-refractivity contribution in [1.29, 1.82) is 0 Å². The molecule has 3 heterocycles. The molecule has 3 aromatic heterocycles. The fourth-order valence-electron chi connectivity index (χ4n) is 4.53. The molecule has 0 N–H and O–H groups in total. The van der Waals surface area contributed by atoms with E-state index in [0.29, 0.717) is 11.5 Å². The van der Waals surface area contributed by atoms with E-state index in [2.05, 4.69) is 44.9 Å². The molecule has 0 bridgehead atoms. The van der Waals surface area contributed by atoms with Crippen LogP contribution in [0.25, 0.3) is 38.8 Å². The van der Waals surface area contributed by atoms with Crippen molar-refractivity contribution in [2.75, 3.05) is 6.66 Å². The number of pyridine rings is 2. The highest BCUT2D eigenvalue weighted by Gasteiger charge is 2.23. The number of hydrogen-bond donors (Lipinski definition) is 0. The van der Waals surface area contributed by atoms with Crippen molar-refractivity contribution < 1.29 is 5.94 Å². The maximum atomic E-state index is 13.7. The molecule has 0 aliphatic rings. The number of rotatable bonds is 4. The lowest BCUT2D eigenvalue weighted by Crippen LogP contribution is -2.17. The number of nitrogens with zero attached hydrogens (tertiary/aromatic N) is 3. The number of aromatic nitrogens is 3. The van der Waals surface area contributed by atoms with Crippen LogP contribution in [-0.2, 0) is 4.57 Å². The van der Waals surface area contributed by atoms with E-state index in [4.69, 9.17) is 1.37 Å². The van der Waals surface area contributed by atoms with Gasteiger partial charge in [-0.25, -0.2) is 4.98 Å². The first-order chi connectivity index (χ1) is 17.0. The molecule has 0 aliphatic heterocycles. The summed E-state index contributed by atoms with van der Waals surface area (Å²) in [5.41, 5.74) is 4.72. The summed E-state index contributed by atoms with van der Waals surface area (Å²) in [5, 5.41) is 3.06. The third-order valence-corrected chi connectivity index (χ3v) is 8.66. The van der Waals surface area contributed by atoms with E-state index in [0.717, 1.165) is 44.1 Å². The molecule has 0 aliphatic carbocycles. The van der Waals surface area contributed by atoms with Crippen molar-refractivity contribution in [3.8, 4) is 16.9 Å². The number of hydrogen-bond acceptors (Lipinski definition) is 3. The van der Waals surface area contributed by atoms with Gasteiger partial charge in [0, 0.05) is 28.5 Å². The van der Waals surface area contributed by atoms with Crippen LogP contribution in [0.3, 0.4) is 0 Å². The van der Waals surface area contributed by atoms with Gasteiger partial charge in [-0.3, -0.25) is 9.55 Å². The lowest BCUT2D eigenvalue weighted by molar-refractivity contribution is 0.590. The van der Waals surface area contributed by atoms with Crippen LogP contribution in [0.1, 0.15) is 1.37 Å². The van der Waals surface area contributed by atoms with E-state index in [1.807, 2.05) is 60.7 Å². The van der Waals surface area contributed by atoms with Gasteiger partial charge >= 0.3 is 0 Å². The molecule has 0 fully saturated rings. The summed E-state index contributed by atoms with van der Waals surface area (Å²) in [6.07, 6.45) is 3.25. The first kappa shape index (κ1) is 19.5. The van der Waals surface area contributed by atoms with E-state index >= 15 is 0 Å². The molecule has 1 unspecified atom stereocenters. The van der Waals surface area contributed by atoms with E-state index in [9.17, 15) is 4.57 Å². The minimum atomic E-state index is -2.82. The van der Waals surface area contributed by atoms with Gasteiger partial charge < -0.3 is 4.57 Å². The van der Waals surface area contributed by atoms with Crippen LogP contribution in [0, 0.1) is 0 Å². The smallest absolute Gasteiger partial charge is 0.157 e. The molecule has 164 valence electrons. The van der Waals surface area contributed by atoms with Crippen LogP contribution in [0.5, 0.6) is 0 Å². The highest BCUT2D eigenvalue weighted by molar-refractivity contribution is 7.77. The third-order valence-electron chi connectivity index (χ3n) is 6.26. The Kier molecular flexibility index (Phi) is 4.63. The highest BCUT2D eigenvalue weighted by atomic mass is 31.2. The minimum absolute atomic E-state index is 0.379. The average molecular weight is 460 g/mol. The van der Waals surface area contributed by atoms with Crippen LogP contribution in [-0.4, -0.2) is 21.2 Å². The Hall–Kier alpha value is -4.01. The van der Waals surface area contributed by atoms with Crippen molar-refractivity contribution in [1.82, 2.24) is 14.5 Å². The van der Waals surface area contributed by atoms with Crippen molar-refractivity contribution in [3.05, 3.63) is 115 Å². The molecule has 4 nitrogen and oxygen atoms in total. The van der Waals surface area contributed by atoms with Crippen LogP contribution in [0.15, 0.2) is 115 Å². The molecule has 0 saturated carbocycles. The number of para-hydroxylation sites is 1. The summed E-state index contributed by atoms with van der Waals surface area (Å²) in [4.78, 5) is 8.89. The molecule has 6 aromatic rings. The largest absolute Gasteiger partial charge is 0.312 e. The van der Waals surface area contributed by atoms with Gasteiger partial charge in [-0.05, 0) is 60.2 Å². The Morgan fingerprint density at radius 2 is 1.56 bits per heavy atom. The van der Waals surface area contributed by atoms with Crippen LogP contribution in [0.2, 0.25) is 0 Å². The summed E-state index contributed by atoms with van der Waals surface area (Å²) in [6, 6.07) is 32.2. The van der Waals surface area contributed by atoms with Gasteiger partial charge in [-0.2, -0.15) is 0 Å². The molecule has 0 spiro atoms. The molecule has 0 radical (unpaired) electrons. The summed E-state index contributed by atoms with van der Waals surface area (Å²) in [5.74, 6) is 0.770. The van der Waals surface area contributed by atoms with Crippen LogP contribution >= 0.6 is 7.14 Å². The zero-order valence-corrected chi connectivity index (χ0v) is 19.5. The third kappa shape index (κ3) is 3.35. The van der Waals surface area contributed by atoms with Crippen LogP contribution < -0.4 is 10.7 Å². The molecular weight excluding hydrogens is 437 g/mol. The molecule has 1 atom stereocenters. The molecule has 34 heavy (non-hydrogen) atoms. The van der Waals surface area contributed by atoms with Gasteiger partial charge in [0.15, 0.2) is 7.14 Å². The first-order valence-electron chi connectivity index (χ1n) is 11.6. The second-order valence-electron chi connectivity index (χ2n) is 8.36. The van der Waals surface area contributed by atoms with E-state index < -0.39 is 7.14 Å². The molecular formula is C29H22N3OP.